The van der Waals surface area contributed by atoms with E-state index in [-0.39, 0.29) is 24.0 Å². The Kier molecular flexibility index (Phi) is 5.36. The zero-order valence-corrected chi connectivity index (χ0v) is 13.5. The van der Waals surface area contributed by atoms with Crippen molar-refractivity contribution in [2.45, 2.75) is 4.90 Å². The largest absolute Gasteiger partial charge is 0.394 e. The Balaban J connectivity index is 2.40. The van der Waals surface area contributed by atoms with Gasteiger partial charge in [-0.1, -0.05) is 18.2 Å². The predicted molar refractivity (Wildman–Crippen MR) is 87.9 cm³/mol. The maximum absolute atomic E-state index is 12.8. The molecule has 0 aromatic heterocycles. The van der Waals surface area contributed by atoms with Gasteiger partial charge in [0.15, 0.2) is 0 Å². The molecule has 2 rings (SSSR count). The van der Waals surface area contributed by atoms with Gasteiger partial charge in [0.25, 0.3) is 15.9 Å². The van der Waals surface area contributed by atoms with Crippen LogP contribution >= 0.6 is 0 Å². The van der Waals surface area contributed by atoms with E-state index in [4.69, 9.17) is 0 Å². The van der Waals surface area contributed by atoms with Gasteiger partial charge in [0.2, 0.25) is 0 Å². The first kappa shape index (κ1) is 17.0. The van der Waals surface area contributed by atoms with Crippen LogP contribution in [0.1, 0.15) is 10.4 Å². The number of para-hydroxylation sites is 1. The molecule has 23 heavy (non-hydrogen) atoms. The lowest BCUT2D eigenvalue weighted by atomic mass is 10.2. The lowest BCUT2D eigenvalue weighted by molar-refractivity contribution is 0.0963. The summed E-state index contributed by atoms with van der Waals surface area (Å²) in [4.78, 5) is 11.6. The van der Waals surface area contributed by atoms with E-state index in [1.54, 1.807) is 30.3 Å². The molecule has 0 aliphatic rings. The van der Waals surface area contributed by atoms with Crippen LogP contribution in [0.15, 0.2) is 59.5 Å². The Morgan fingerprint density at radius 2 is 1.70 bits per heavy atom. The number of nitrogens with one attached hydrogen (secondary N) is 1. The molecule has 0 radical (unpaired) electrons. The van der Waals surface area contributed by atoms with Crippen LogP contribution in [0, 0.1) is 0 Å². The van der Waals surface area contributed by atoms with Crippen LogP contribution in [0.4, 0.5) is 5.69 Å². The van der Waals surface area contributed by atoms with Crippen molar-refractivity contribution < 1.29 is 18.3 Å². The molecular formula is C16H18N2O4S. The molecule has 7 heteroatoms. The van der Waals surface area contributed by atoms with Crippen molar-refractivity contribution >= 4 is 21.6 Å². The minimum absolute atomic E-state index is 0.0520. The molecule has 1 amide bonds. The van der Waals surface area contributed by atoms with Crippen LogP contribution < -0.4 is 9.62 Å². The minimum Gasteiger partial charge on any atom is -0.394 e. The Bertz CT molecular complexity index is 758. The molecule has 0 bridgehead atoms. The number of aliphatic hydroxyl groups is 1. The van der Waals surface area contributed by atoms with Crippen molar-refractivity contribution in [3.63, 3.8) is 0 Å². The average molecular weight is 334 g/mol. The molecule has 0 aliphatic heterocycles. The molecular weight excluding hydrogens is 316 g/mol. The zero-order chi connectivity index (χ0) is 16.9. The van der Waals surface area contributed by atoms with E-state index in [0.29, 0.717) is 11.3 Å². The lowest BCUT2D eigenvalue weighted by Crippen LogP contribution is -2.33. The standard InChI is InChI=1S/C16H18N2O4S/c1-17-16(20)13-7-9-15(10-8-13)23(21,22)18(11-12-19)14-5-3-2-4-6-14/h2-10,19H,11-12H2,1H3,(H,17,20). The summed E-state index contributed by atoms with van der Waals surface area (Å²) < 4.78 is 26.7. The Hall–Kier alpha value is -2.38. The maximum atomic E-state index is 12.8. The molecule has 0 spiro atoms. The van der Waals surface area contributed by atoms with Crippen LogP contribution in [0.25, 0.3) is 0 Å². The van der Waals surface area contributed by atoms with E-state index >= 15 is 0 Å². The Labute approximate surface area is 135 Å². The molecule has 0 saturated carbocycles. The van der Waals surface area contributed by atoms with Crippen LogP contribution in [0.5, 0.6) is 0 Å². The van der Waals surface area contributed by atoms with Gasteiger partial charge in [-0.15, -0.1) is 0 Å². The second-order valence-electron chi connectivity index (χ2n) is 4.74. The van der Waals surface area contributed by atoms with Gasteiger partial charge in [-0.2, -0.15) is 0 Å². The van der Waals surface area contributed by atoms with Gasteiger partial charge in [-0.25, -0.2) is 8.42 Å². The van der Waals surface area contributed by atoms with Gasteiger partial charge in [0.1, 0.15) is 0 Å². The van der Waals surface area contributed by atoms with E-state index in [1.807, 2.05) is 0 Å². The van der Waals surface area contributed by atoms with Crippen LogP contribution in [0.3, 0.4) is 0 Å². The summed E-state index contributed by atoms with van der Waals surface area (Å²) in [7, 11) is -2.32. The number of hydrogen-bond donors (Lipinski definition) is 2. The first-order chi connectivity index (χ1) is 11.0. The predicted octanol–water partition coefficient (Wildman–Crippen LogP) is 1.23. The Morgan fingerprint density at radius 1 is 1.09 bits per heavy atom. The number of sulfonamides is 1. The third-order valence-electron chi connectivity index (χ3n) is 3.28. The fourth-order valence-electron chi connectivity index (χ4n) is 2.12. The molecule has 6 nitrogen and oxygen atoms in total. The van der Waals surface area contributed by atoms with E-state index in [2.05, 4.69) is 5.32 Å². The number of anilines is 1. The van der Waals surface area contributed by atoms with E-state index in [1.165, 1.54) is 31.3 Å². The number of carbonyl (C=O) groups is 1. The smallest absolute Gasteiger partial charge is 0.264 e. The molecule has 0 unspecified atom stereocenters. The van der Waals surface area contributed by atoms with E-state index in [9.17, 15) is 18.3 Å². The van der Waals surface area contributed by atoms with Crippen molar-refractivity contribution in [2.75, 3.05) is 24.5 Å². The quantitative estimate of drug-likeness (QED) is 0.832. The molecule has 0 heterocycles. The molecule has 2 aromatic carbocycles. The summed E-state index contributed by atoms with van der Waals surface area (Å²) in [5.41, 5.74) is 0.844. The zero-order valence-electron chi connectivity index (χ0n) is 12.6. The number of nitrogens with zero attached hydrogens (tertiary/aromatic N) is 1. The number of rotatable bonds is 6. The number of benzene rings is 2. The van der Waals surface area contributed by atoms with Crippen molar-refractivity contribution in [1.82, 2.24) is 5.32 Å². The van der Waals surface area contributed by atoms with Crippen LogP contribution in [0.2, 0.25) is 0 Å². The number of aliphatic hydroxyl groups excluding tert-OH is 1. The van der Waals surface area contributed by atoms with Crippen molar-refractivity contribution in [3.05, 3.63) is 60.2 Å². The number of carbonyl (C=O) groups excluding carboxylic acids is 1. The fourth-order valence-corrected chi connectivity index (χ4v) is 3.58. The molecule has 0 saturated heterocycles. The van der Waals surface area contributed by atoms with Crippen LogP contribution in [-0.4, -0.2) is 39.6 Å². The highest BCUT2D eigenvalue weighted by atomic mass is 32.2. The number of hydrogen-bond acceptors (Lipinski definition) is 4. The summed E-state index contributed by atoms with van der Waals surface area (Å²) in [5.74, 6) is -0.288. The lowest BCUT2D eigenvalue weighted by Gasteiger charge is -2.23. The monoisotopic (exact) mass is 334 g/mol. The van der Waals surface area contributed by atoms with Gasteiger partial charge in [-0.3, -0.25) is 9.10 Å². The van der Waals surface area contributed by atoms with Crippen LogP contribution in [-0.2, 0) is 10.0 Å². The van der Waals surface area contributed by atoms with E-state index in [0.717, 1.165) is 4.31 Å². The highest BCUT2D eigenvalue weighted by Crippen LogP contribution is 2.23. The normalized spacial score (nSPS) is 11.0. The van der Waals surface area contributed by atoms with Crippen molar-refractivity contribution in [3.8, 4) is 0 Å². The van der Waals surface area contributed by atoms with Gasteiger partial charge in [0.05, 0.1) is 23.7 Å². The third-order valence-corrected chi connectivity index (χ3v) is 5.12. The van der Waals surface area contributed by atoms with Gasteiger partial charge in [0, 0.05) is 12.6 Å². The topological polar surface area (TPSA) is 86.7 Å². The fraction of sp³-hybridized carbons (Fsp3) is 0.188. The molecule has 122 valence electrons. The summed E-state index contributed by atoms with van der Waals surface area (Å²) in [5, 5.41) is 11.7. The molecule has 2 N–H and O–H groups in total. The summed E-state index contributed by atoms with van der Waals surface area (Å²) in [6.07, 6.45) is 0. The van der Waals surface area contributed by atoms with Crippen molar-refractivity contribution in [2.24, 2.45) is 0 Å². The first-order valence-electron chi connectivity index (χ1n) is 7.01. The minimum atomic E-state index is -3.82. The highest BCUT2D eigenvalue weighted by molar-refractivity contribution is 7.92. The van der Waals surface area contributed by atoms with Gasteiger partial charge >= 0.3 is 0 Å². The average Bonchev–Trinajstić information content (AvgIpc) is 2.59. The molecule has 0 aliphatic carbocycles. The Morgan fingerprint density at radius 3 is 2.22 bits per heavy atom. The SMILES string of the molecule is CNC(=O)c1ccc(S(=O)(=O)N(CCO)c2ccccc2)cc1. The summed E-state index contributed by atoms with van der Waals surface area (Å²) in [6, 6.07) is 14.2. The maximum Gasteiger partial charge on any atom is 0.264 e. The second-order valence-corrected chi connectivity index (χ2v) is 6.60. The molecule has 2 aromatic rings. The third kappa shape index (κ3) is 3.69. The highest BCUT2D eigenvalue weighted by Gasteiger charge is 2.24. The second kappa shape index (κ2) is 7.26. The molecule has 0 atom stereocenters. The molecule has 0 fully saturated rings. The summed E-state index contributed by atoms with van der Waals surface area (Å²) >= 11 is 0. The number of amides is 1. The van der Waals surface area contributed by atoms with Crippen molar-refractivity contribution in [1.29, 1.82) is 0 Å². The van der Waals surface area contributed by atoms with Gasteiger partial charge in [-0.05, 0) is 36.4 Å². The first-order valence-corrected chi connectivity index (χ1v) is 8.45. The van der Waals surface area contributed by atoms with E-state index < -0.39 is 10.0 Å². The summed E-state index contributed by atoms with van der Waals surface area (Å²) in [6.45, 7) is -0.353. The van der Waals surface area contributed by atoms with Gasteiger partial charge < -0.3 is 10.4 Å².